The molecule has 5 nitrogen and oxygen atoms in total. The minimum atomic E-state index is -0.0966. The Kier molecular flexibility index (Phi) is 4.41. The molecule has 1 aliphatic heterocycles. The lowest BCUT2D eigenvalue weighted by Gasteiger charge is -2.35. The Balaban J connectivity index is 1.99. The number of halogens is 1. The first-order valence-electron chi connectivity index (χ1n) is 7.63. The van der Waals surface area contributed by atoms with E-state index in [-0.39, 0.29) is 18.1 Å². The second-order valence-electron chi connectivity index (χ2n) is 5.91. The molecule has 1 fully saturated rings. The van der Waals surface area contributed by atoms with Crippen molar-refractivity contribution in [3.05, 3.63) is 40.6 Å². The Morgan fingerprint density at radius 2 is 1.91 bits per heavy atom. The zero-order valence-corrected chi connectivity index (χ0v) is 14.1. The van der Waals surface area contributed by atoms with Crippen LogP contribution in [0.15, 0.2) is 28.8 Å². The van der Waals surface area contributed by atoms with Gasteiger partial charge in [-0.2, -0.15) is 0 Å². The normalized spacial score (nSPS) is 21.5. The molecule has 2 heterocycles. The van der Waals surface area contributed by atoms with Crippen LogP contribution >= 0.6 is 11.6 Å². The van der Waals surface area contributed by atoms with E-state index in [1.807, 2.05) is 32.0 Å². The van der Waals surface area contributed by atoms with Crippen molar-refractivity contribution in [2.45, 2.75) is 33.0 Å². The quantitative estimate of drug-likeness (QED) is 0.842. The molecule has 1 aliphatic rings. The van der Waals surface area contributed by atoms with Crippen LogP contribution in [0.4, 0.5) is 0 Å². The summed E-state index contributed by atoms with van der Waals surface area (Å²) in [5, 5.41) is 4.60. The molecule has 3 rings (SSSR count). The lowest BCUT2D eigenvalue weighted by atomic mass is 10.0. The van der Waals surface area contributed by atoms with E-state index in [1.54, 1.807) is 17.9 Å². The van der Waals surface area contributed by atoms with Crippen molar-refractivity contribution in [1.82, 2.24) is 10.1 Å². The van der Waals surface area contributed by atoms with Gasteiger partial charge in [0, 0.05) is 18.7 Å². The highest BCUT2D eigenvalue weighted by Crippen LogP contribution is 2.32. The molecule has 1 amide bonds. The molecule has 2 atom stereocenters. The number of morpholine rings is 1. The van der Waals surface area contributed by atoms with E-state index in [0.29, 0.717) is 40.7 Å². The molecule has 0 bridgehead atoms. The summed E-state index contributed by atoms with van der Waals surface area (Å²) in [6.07, 6.45) is 0.0123. The topological polar surface area (TPSA) is 55.6 Å². The fourth-order valence-electron chi connectivity index (χ4n) is 2.96. The van der Waals surface area contributed by atoms with E-state index in [9.17, 15) is 4.79 Å². The Hall–Kier alpha value is -1.85. The first-order valence-corrected chi connectivity index (χ1v) is 8.01. The maximum absolute atomic E-state index is 13.0. The highest BCUT2D eigenvalue weighted by atomic mass is 35.5. The molecule has 1 saturated heterocycles. The molecule has 0 N–H and O–H groups in total. The summed E-state index contributed by atoms with van der Waals surface area (Å²) in [5.74, 6) is 0.400. The molecule has 0 spiro atoms. The van der Waals surface area contributed by atoms with Gasteiger partial charge >= 0.3 is 0 Å². The van der Waals surface area contributed by atoms with Crippen molar-refractivity contribution in [2.75, 3.05) is 13.1 Å². The van der Waals surface area contributed by atoms with E-state index in [4.69, 9.17) is 20.9 Å². The maximum Gasteiger partial charge on any atom is 0.259 e. The fourth-order valence-corrected chi connectivity index (χ4v) is 3.19. The molecule has 0 aliphatic carbocycles. The van der Waals surface area contributed by atoms with Gasteiger partial charge in [0.15, 0.2) is 0 Å². The molecule has 0 saturated carbocycles. The molecular weight excluding hydrogens is 316 g/mol. The number of hydrogen-bond donors (Lipinski definition) is 0. The standard InChI is InChI=1S/C17H19ClN2O3/c1-10-8-20(9-11(2)22-10)17(21)15-12(3)23-19-16(15)13-6-4-5-7-14(13)18/h4-7,10-11H,8-9H2,1-3H3/t10-,11+. The van der Waals surface area contributed by atoms with Crippen molar-refractivity contribution >= 4 is 17.5 Å². The highest BCUT2D eigenvalue weighted by molar-refractivity contribution is 6.33. The molecule has 23 heavy (non-hydrogen) atoms. The number of ether oxygens (including phenoxy) is 1. The highest BCUT2D eigenvalue weighted by Gasteiger charge is 2.31. The third-order valence-electron chi connectivity index (χ3n) is 3.91. The summed E-state index contributed by atoms with van der Waals surface area (Å²) in [6.45, 7) is 6.77. The second kappa shape index (κ2) is 6.34. The predicted molar refractivity (Wildman–Crippen MR) is 87.6 cm³/mol. The van der Waals surface area contributed by atoms with Gasteiger partial charge in [-0.05, 0) is 26.8 Å². The zero-order chi connectivity index (χ0) is 16.6. The maximum atomic E-state index is 13.0. The van der Waals surface area contributed by atoms with Crippen LogP contribution in [0.2, 0.25) is 5.02 Å². The molecule has 2 aromatic rings. The van der Waals surface area contributed by atoms with Gasteiger partial charge in [0.1, 0.15) is 17.0 Å². The van der Waals surface area contributed by atoms with Crippen molar-refractivity contribution < 1.29 is 14.1 Å². The summed E-state index contributed by atoms with van der Waals surface area (Å²) < 4.78 is 11.0. The monoisotopic (exact) mass is 334 g/mol. The minimum Gasteiger partial charge on any atom is -0.372 e. The first-order chi connectivity index (χ1) is 11.0. The smallest absolute Gasteiger partial charge is 0.259 e. The first kappa shape index (κ1) is 16.0. The van der Waals surface area contributed by atoms with Gasteiger partial charge in [0.25, 0.3) is 5.91 Å². The summed E-state index contributed by atoms with van der Waals surface area (Å²) >= 11 is 6.25. The molecule has 1 aromatic carbocycles. The van der Waals surface area contributed by atoms with E-state index in [1.165, 1.54) is 0 Å². The van der Waals surface area contributed by atoms with Crippen molar-refractivity contribution in [3.8, 4) is 11.3 Å². The van der Waals surface area contributed by atoms with E-state index in [0.717, 1.165) is 0 Å². The summed E-state index contributed by atoms with van der Waals surface area (Å²) in [6, 6.07) is 7.30. The van der Waals surface area contributed by atoms with Crippen molar-refractivity contribution in [2.24, 2.45) is 0 Å². The number of amides is 1. The SMILES string of the molecule is Cc1onc(-c2ccccc2Cl)c1C(=O)N1C[C@@H](C)O[C@@H](C)C1. The van der Waals surface area contributed by atoms with Gasteiger partial charge in [-0.3, -0.25) is 4.79 Å². The second-order valence-corrected chi connectivity index (χ2v) is 6.32. The van der Waals surface area contributed by atoms with Crippen molar-refractivity contribution in [3.63, 3.8) is 0 Å². The van der Waals surface area contributed by atoms with Crippen LogP contribution in [0.1, 0.15) is 30.0 Å². The average Bonchev–Trinajstić information content (AvgIpc) is 2.87. The average molecular weight is 335 g/mol. The Labute approximate surface area is 140 Å². The number of hydrogen-bond acceptors (Lipinski definition) is 4. The largest absolute Gasteiger partial charge is 0.372 e. The summed E-state index contributed by atoms with van der Waals surface area (Å²) in [4.78, 5) is 14.8. The van der Waals surface area contributed by atoms with Crippen molar-refractivity contribution in [1.29, 1.82) is 0 Å². The van der Waals surface area contributed by atoms with Crippen LogP contribution < -0.4 is 0 Å². The number of nitrogens with zero attached hydrogens (tertiary/aromatic N) is 2. The third kappa shape index (κ3) is 3.12. The Morgan fingerprint density at radius 1 is 1.26 bits per heavy atom. The summed E-state index contributed by atoms with van der Waals surface area (Å²) in [7, 11) is 0. The lowest BCUT2D eigenvalue weighted by Crippen LogP contribution is -2.48. The number of carbonyl (C=O) groups excluding carboxylic acids is 1. The zero-order valence-electron chi connectivity index (χ0n) is 13.4. The third-order valence-corrected chi connectivity index (χ3v) is 4.24. The van der Waals surface area contributed by atoms with Crippen LogP contribution in [0.25, 0.3) is 11.3 Å². The minimum absolute atomic E-state index is 0.00614. The number of carbonyl (C=O) groups is 1. The van der Waals surface area contributed by atoms with Gasteiger partial charge < -0.3 is 14.2 Å². The van der Waals surface area contributed by atoms with Gasteiger partial charge in [-0.1, -0.05) is 35.0 Å². The number of benzene rings is 1. The molecule has 122 valence electrons. The number of aromatic nitrogens is 1. The van der Waals surface area contributed by atoms with Crippen LogP contribution in [0, 0.1) is 6.92 Å². The number of aryl methyl sites for hydroxylation is 1. The molecular formula is C17H19ClN2O3. The van der Waals surface area contributed by atoms with E-state index >= 15 is 0 Å². The van der Waals surface area contributed by atoms with Gasteiger partial charge in [0.05, 0.1) is 17.2 Å². The van der Waals surface area contributed by atoms with Crippen LogP contribution in [0.3, 0.4) is 0 Å². The Morgan fingerprint density at radius 3 is 2.57 bits per heavy atom. The van der Waals surface area contributed by atoms with Gasteiger partial charge in [0.2, 0.25) is 0 Å². The van der Waals surface area contributed by atoms with Crippen LogP contribution in [-0.2, 0) is 4.74 Å². The van der Waals surface area contributed by atoms with Gasteiger partial charge in [-0.25, -0.2) is 0 Å². The molecule has 1 aromatic heterocycles. The Bertz CT molecular complexity index is 718. The summed E-state index contributed by atoms with van der Waals surface area (Å²) in [5.41, 5.74) is 1.66. The molecule has 0 unspecified atom stereocenters. The van der Waals surface area contributed by atoms with E-state index < -0.39 is 0 Å². The fraction of sp³-hybridized carbons (Fsp3) is 0.412. The van der Waals surface area contributed by atoms with Crippen LogP contribution in [-0.4, -0.2) is 41.3 Å². The van der Waals surface area contributed by atoms with Gasteiger partial charge in [-0.15, -0.1) is 0 Å². The number of rotatable bonds is 2. The predicted octanol–water partition coefficient (Wildman–Crippen LogP) is 3.55. The van der Waals surface area contributed by atoms with Crippen LogP contribution in [0.5, 0.6) is 0 Å². The molecule has 0 radical (unpaired) electrons. The lowest BCUT2D eigenvalue weighted by molar-refractivity contribution is -0.0586. The molecule has 6 heteroatoms. The van der Waals surface area contributed by atoms with E-state index in [2.05, 4.69) is 5.16 Å².